The van der Waals surface area contributed by atoms with E-state index in [1.165, 1.54) is 0 Å². The average molecular weight is 279 g/mol. The first-order valence-corrected chi connectivity index (χ1v) is 6.48. The first-order valence-electron chi connectivity index (χ1n) is 6.48. The summed E-state index contributed by atoms with van der Waals surface area (Å²) in [6.07, 6.45) is 0.859. The fraction of sp³-hybridized carbons (Fsp3) is 0.467. The van der Waals surface area contributed by atoms with Crippen LogP contribution in [0.15, 0.2) is 24.3 Å². The quantitative estimate of drug-likeness (QED) is 0.804. The summed E-state index contributed by atoms with van der Waals surface area (Å²) in [5.74, 6) is -0.931. The molecule has 0 spiro atoms. The second kappa shape index (κ2) is 7.05. The largest absolute Gasteiger partial charge is 0.481 e. The van der Waals surface area contributed by atoms with Crippen molar-refractivity contribution >= 4 is 17.6 Å². The van der Waals surface area contributed by atoms with Crippen molar-refractivity contribution in [3.8, 4) is 0 Å². The molecular weight excluding hydrogens is 258 g/mol. The van der Waals surface area contributed by atoms with E-state index in [0.717, 1.165) is 5.56 Å². The van der Waals surface area contributed by atoms with E-state index in [1.807, 2.05) is 26.0 Å². The van der Waals surface area contributed by atoms with E-state index in [2.05, 4.69) is 5.32 Å². The van der Waals surface area contributed by atoms with Crippen molar-refractivity contribution < 1.29 is 19.4 Å². The zero-order chi connectivity index (χ0) is 15.2. The Morgan fingerprint density at radius 2 is 1.85 bits per heavy atom. The van der Waals surface area contributed by atoms with E-state index in [9.17, 15) is 9.59 Å². The summed E-state index contributed by atoms with van der Waals surface area (Å²) in [4.78, 5) is 22.3. The van der Waals surface area contributed by atoms with Gasteiger partial charge in [0.2, 0.25) is 5.91 Å². The molecule has 0 aliphatic heterocycles. The molecule has 2 N–H and O–H groups in total. The lowest BCUT2D eigenvalue weighted by molar-refractivity contribution is -0.137. The molecule has 0 bridgehead atoms. The van der Waals surface area contributed by atoms with Gasteiger partial charge in [0.1, 0.15) is 0 Å². The number of aryl methyl sites for hydroxylation is 1. The molecule has 0 heterocycles. The number of methoxy groups -OCH3 is 1. The average Bonchev–Trinajstić information content (AvgIpc) is 2.37. The van der Waals surface area contributed by atoms with Crippen LogP contribution < -0.4 is 5.32 Å². The van der Waals surface area contributed by atoms with Crippen LogP contribution in [0, 0.1) is 0 Å². The molecule has 0 saturated heterocycles. The number of hydrogen-bond donors (Lipinski definition) is 2. The van der Waals surface area contributed by atoms with Crippen LogP contribution in [0.4, 0.5) is 5.69 Å². The number of carbonyl (C=O) groups is 2. The molecule has 0 unspecified atom stereocenters. The smallest absolute Gasteiger partial charge is 0.303 e. The highest BCUT2D eigenvalue weighted by molar-refractivity contribution is 5.91. The standard InChI is InChI=1S/C15H21NO4/c1-15(2,20-3)10-13(17)16-12-7-4-11(5-8-12)6-9-14(18)19/h4-5,7-8H,6,9-10H2,1-3H3,(H,16,17)(H,18,19). The summed E-state index contributed by atoms with van der Waals surface area (Å²) >= 11 is 0. The van der Waals surface area contributed by atoms with Gasteiger partial charge in [-0.2, -0.15) is 0 Å². The third kappa shape index (κ3) is 5.84. The van der Waals surface area contributed by atoms with Crippen molar-refractivity contribution in [2.75, 3.05) is 12.4 Å². The van der Waals surface area contributed by atoms with Crippen LogP contribution >= 0.6 is 0 Å². The first kappa shape index (κ1) is 16.2. The Morgan fingerprint density at radius 3 is 2.35 bits per heavy atom. The van der Waals surface area contributed by atoms with Gasteiger partial charge in [-0.25, -0.2) is 0 Å². The van der Waals surface area contributed by atoms with E-state index < -0.39 is 11.6 Å². The number of anilines is 1. The summed E-state index contributed by atoms with van der Waals surface area (Å²) < 4.78 is 5.20. The summed E-state index contributed by atoms with van der Waals surface area (Å²) in [5, 5.41) is 11.4. The molecule has 0 radical (unpaired) electrons. The number of benzene rings is 1. The summed E-state index contributed by atoms with van der Waals surface area (Å²) in [6, 6.07) is 7.18. The molecule has 0 aliphatic rings. The van der Waals surface area contributed by atoms with Crippen molar-refractivity contribution in [2.45, 2.75) is 38.7 Å². The third-order valence-electron chi connectivity index (χ3n) is 3.00. The van der Waals surface area contributed by atoms with Gasteiger partial charge in [0, 0.05) is 19.2 Å². The molecule has 0 saturated carbocycles. The molecule has 0 aliphatic carbocycles. The maximum absolute atomic E-state index is 11.8. The lowest BCUT2D eigenvalue weighted by Gasteiger charge is -2.21. The summed E-state index contributed by atoms with van der Waals surface area (Å²) in [6.45, 7) is 3.70. The predicted molar refractivity (Wildman–Crippen MR) is 76.7 cm³/mol. The van der Waals surface area contributed by atoms with E-state index in [1.54, 1.807) is 19.2 Å². The second-order valence-corrected chi connectivity index (χ2v) is 5.28. The van der Waals surface area contributed by atoms with Gasteiger partial charge in [-0.1, -0.05) is 12.1 Å². The molecular formula is C15H21NO4. The lowest BCUT2D eigenvalue weighted by Crippen LogP contribution is -2.29. The number of carboxylic acid groups (broad SMARTS) is 1. The highest BCUT2D eigenvalue weighted by Gasteiger charge is 2.20. The lowest BCUT2D eigenvalue weighted by atomic mass is 10.0. The van der Waals surface area contributed by atoms with E-state index in [-0.39, 0.29) is 18.7 Å². The number of carbonyl (C=O) groups excluding carboxylic acids is 1. The van der Waals surface area contributed by atoms with E-state index in [4.69, 9.17) is 9.84 Å². The number of nitrogens with one attached hydrogen (secondary N) is 1. The Labute approximate surface area is 118 Å². The predicted octanol–water partition coefficient (Wildman–Crippen LogP) is 2.46. The van der Waals surface area contributed by atoms with Crippen LogP contribution in [0.1, 0.15) is 32.3 Å². The molecule has 1 amide bonds. The molecule has 1 aromatic carbocycles. The summed E-state index contributed by atoms with van der Waals surface area (Å²) in [5.41, 5.74) is 1.13. The molecule has 1 aromatic rings. The number of carboxylic acids is 1. The van der Waals surface area contributed by atoms with Crippen LogP contribution in [0.25, 0.3) is 0 Å². The van der Waals surface area contributed by atoms with Gasteiger partial charge in [-0.3, -0.25) is 9.59 Å². The number of rotatable bonds is 7. The van der Waals surface area contributed by atoms with Gasteiger partial charge in [0.05, 0.1) is 12.0 Å². The van der Waals surface area contributed by atoms with Crippen LogP contribution in [0.5, 0.6) is 0 Å². The molecule has 5 nitrogen and oxygen atoms in total. The van der Waals surface area contributed by atoms with Crippen LogP contribution in [0.2, 0.25) is 0 Å². The van der Waals surface area contributed by atoms with Gasteiger partial charge < -0.3 is 15.2 Å². The molecule has 0 fully saturated rings. The monoisotopic (exact) mass is 279 g/mol. The normalized spacial score (nSPS) is 11.2. The molecule has 110 valence electrons. The maximum atomic E-state index is 11.8. The van der Waals surface area contributed by atoms with Gasteiger partial charge in [0.15, 0.2) is 0 Å². The van der Waals surface area contributed by atoms with Crippen molar-refractivity contribution in [1.82, 2.24) is 0 Å². The SMILES string of the molecule is COC(C)(C)CC(=O)Nc1ccc(CCC(=O)O)cc1. The number of hydrogen-bond acceptors (Lipinski definition) is 3. The molecule has 20 heavy (non-hydrogen) atoms. The Morgan fingerprint density at radius 1 is 1.25 bits per heavy atom. The number of ether oxygens (including phenoxy) is 1. The maximum Gasteiger partial charge on any atom is 0.303 e. The minimum Gasteiger partial charge on any atom is -0.481 e. The first-order chi connectivity index (χ1) is 9.32. The Hall–Kier alpha value is -1.88. The number of aliphatic carboxylic acids is 1. The molecule has 0 atom stereocenters. The molecule has 1 rings (SSSR count). The molecule has 0 aromatic heterocycles. The minimum absolute atomic E-state index is 0.105. The Bertz CT molecular complexity index is 465. The van der Waals surface area contributed by atoms with Crippen molar-refractivity contribution in [3.63, 3.8) is 0 Å². The second-order valence-electron chi connectivity index (χ2n) is 5.28. The van der Waals surface area contributed by atoms with Crippen molar-refractivity contribution in [1.29, 1.82) is 0 Å². The van der Waals surface area contributed by atoms with Gasteiger partial charge in [-0.05, 0) is 38.0 Å². The van der Waals surface area contributed by atoms with Crippen molar-refractivity contribution in [2.24, 2.45) is 0 Å². The highest BCUT2D eigenvalue weighted by Crippen LogP contribution is 2.16. The van der Waals surface area contributed by atoms with E-state index >= 15 is 0 Å². The fourth-order valence-corrected chi connectivity index (χ4v) is 1.67. The summed E-state index contributed by atoms with van der Waals surface area (Å²) in [7, 11) is 1.57. The fourth-order valence-electron chi connectivity index (χ4n) is 1.67. The van der Waals surface area contributed by atoms with Gasteiger partial charge >= 0.3 is 5.97 Å². The Kier molecular flexibility index (Phi) is 5.70. The van der Waals surface area contributed by atoms with Crippen molar-refractivity contribution in [3.05, 3.63) is 29.8 Å². The van der Waals surface area contributed by atoms with E-state index in [0.29, 0.717) is 12.1 Å². The van der Waals surface area contributed by atoms with Crippen LogP contribution in [-0.2, 0) is 20.7 Å². The third-order valence-corrected chi connectivity index (χ3v) is 3.00. The highest BCUT2D eigenvalue weighted by atomic mass is 16.5. The zero-order valence-electron chi connectivity index (χ0n) is 12.1. The molecule has 5 heteroatoms. The zero-order valence-corrected chi connectivity index (χ0v) is 12.1. The van der Waals surface area contributed by atoms with Crippen LogP contribution in [-0.4, -0.2) is 29.7 Å². The van der Waals surface area contributed by atoms with Gasteiger partial charge in [0.25, 0.3) is 0 Å². The minimum atomic E-state index is -0.816. The Balaban J connectivity index is 2.53. The number of amides is 1. The van der Waals surface area contributed by atoms with Gasteiger partial charge in [-0.15, -0.1) is 0 Å². The topological polar surface area (TPSA) is 75.6 Å². The van der Waals surface area contributed by atoms with Crippen LogP contribution in [0.3, 0.4) is 0 Å².